The van der Waals surface area contributed by atoms with Gasteiger partial charge in [0.25, 0.3) is 6.08 Å². The van der Waals surface area contributed by atoms with Gasteiger partial charge in [-0.25, -0.2) is 34.9 Å². The zero-order chi connectivity index (χ0) is 70.6. The smallest absolute Gasteiger partial charge is 0.293 e. The number of aliphatic hydroxyl groups excluding tert-OH is 8. The van der Waals surface area contributed by atoms with Crippen LogP contribution in [-0.2, 0) is 18.9 Å². The van der Waals surface area contributed by atoms with Crippen LogP contribution >= 0.6 is 77.7 Å². The largest absolute Gasteiger partial charge is 0.397 e. The van der Waals surface area contributed by atoms with Crippen LogP contribution < -0.4 is 22.9 Å². The number of nitrogens with zero attached hydrogens (tertiary/aromatic N) is 12. The van der Waals surface area contributed by atoms with Crippen LogP contribution in [0.3, 0.4) is 0 Å². The monoisotopic (exact) mass is 1610 g/mol. The van der Waals surface area contributed by atoms with Crippen molar-refractivity contribution in [3.05, 3.63) is 69.0 Å². The number of hydrogen-bond acceptors (Lipinski definition) is 24. The van der Waals surface area contributed by atoms with Gasteiger partial charge in [-0.2, -0.15) is 9.37 Å². The predicted octanol–water partition coefficient (Wildman–Crippen LogP) is 5.09. The molecular formula is C60H88BrClFIN16O12P4. The molecule has 0 bridgehead atoms. The molecule has 0 unspecified atom stereocenters. The van der Waals surface area contributed by atoms with E-state index in [9.17, 15) is 45.2 Å². The summed E-state index contributed by atoms with van der Waals surface area (Å²) in [6, 6.07) is 6.48. The van der Waals surface area contributed by atoms with Crippen LogP contribution in [0.1, 0.15) is 50.6 Å². The van der Waals surface area contributed by atoms with Gasteiger partial charge in [0, 0.05) is 47.4 Å². The lowest BCUT2D eigenvalue weighted by atomic mass is 10.1. The third-order valence-electron chi connectivity index (χ3n) is 16.7. The minimum atomic E-state index is -1.29. The minimum Gasteiger partial charge on any atom is -0.397 e. The molecule has 16 N–H and O–H groups in total. The Morgan fingerprint density at radius 1 is 0.448 bits per heavy atom. The second-order valence-electron chi connectivity index (χ2n) is 27.3. The van der Waals surface area contributed by atoms with Crippen LogP contribution in [0.25, 0.3) is 44.7 Å². The Morgan fingerprint density at radius 2 is 0.719 bits per heavy atom. The highest BCUT2D eigenvalue weighted by Gasteiger charge is 2.49. The number of anilines is 4. The molecule has 0 aromatic carbocycles. The molecule has 12 heterocycles. The minimum absolute atomic E-state index is 0.109. The second kappa shape index (κ2) is 30.2. The molecule has 28 nitrogen and oxygen atoms in total. The summed E-state index contributed by atoms with van der Waals surface area (Å²) in [5.74, 6) is 0. The first-order valence-electron chi connectivity index (χ1n) is 30.6. The molecule has 36 heteroatoms. The molecule has 16 atom stereocenters. The van der Waals surface area contributed by atoms with E-state index in [2.05, 4.69) is 157 Å². The normalized spacial score (nSPS) is 27.9. The number of hydrogen-bond donors (Lipinski definition) is 12. The lowest BCUT2D eigenvalue weighted by Gasteiger charge is -2.19. The molecule has 4 fully saturated rings. The van der Waals surface area contributed by atoms with E-state index in [0.717, 1.165) is 29.2 Å². The average Bonchev–Trinajstić information content (AvgIpc) is 1.64. The van der Waals surface area contributed by atoms with Crippen molar-refractivity contribution < 1.29 is 64.2 Å². The quantitative estimate of drug-likeness (QED) is 0.0443. The molecule has 0 radical (unpaired) electrons. The van der Waals surface area contributed by atoms with E-state index in [1.54, 1.807) is 39.7 Å². The molecule has 528 valence electrons. The van der Waals surface area contributed by atoms with Crippen LogP contribution in [-0.4, -0.2) is 275 Å². The van der Waals surface area contributed by atoms with Gasteiger partial charge in [-0.3, -0.25) is 18.3 Å². The molecule has 8 aromatic heterocycles. The van der Waals surface area contributed by atoms with Crippen molar-refractivity contribution >= 4 is 170 Å². The summed E-state index contributed by atoms with van der Waals surface area (Å²) in [5, 5.41) is 83.2. The number of pyridine rings is 4. The first-order valence-corrected chi connectivity index (χ1v) is 45.1. The number of aliphatic hydroxyl groups is 8. The molecule has 4 saturated heterocycles. The third kappa shape index (κ3) is 17.1. The molecule has 8 aromatic rings. The number of halogens is 4. The van der Waals surface area contributed by atoms with Crippen LogP contribution in [0, 0.1) is 9.91 Å². The van der Waals surface area contributed by atoms with Gasteiger partial charge in [0.2, 0.25) is 5.28 Å². The molecule has 0 aliphatic carbocycles. The zero-order valence-corrected chi connectivity index (χ0v) is 62.6. The average molecular weight is 1610 g/mol. The van der Waals surface area contributed by atoms with Gasteiger partial charge in [0.1, 0.15) is 70.9 Å². The van der Waals surface area contributed by atoms with Crippen molar-refractivity contribution in [1.29, 1.82) is 0 Å². The summed E-state index contributed by atoms with van der Waals surface area (Å²) in [6.07, 6.45) is 13.8. The number of fused-ring (bicyclic) bond motifs is 4. The van der Waals surface area contributed by atoms with Crippen LogP contribution in [0.15, 0.2) is 53.8 Å². The van der Waals surface area contributed by atoms with E-state index in [4.69, 9.17) is 53.5 Å². The standard InChI is InChI=1S/C15H22BrN4O3P.C15H22ClN4O3P.C15H22FN4O3P.C15H22IN4O3P/c4*1-24(2,3)7-5-9-11(21)12(22)14(23-9)20-13-10(19-15(20)16)8(17)4-6-18-13/h4*4,6,9,11-12,14,21-22H,1,5,7H2,2-3H3,(H2,17,18)/t4*9-,11-,12-,14-/m1111/s1. The van der Waals surface area contributed by atoms with Crippen molar-refractivity contribution in [3.8, 4) is 0 Å². The maximum Gasteiger partial charge on any atom is 0.293 e. The number of aromatic nitrogens is 12. The van der Waals surface area contributed by atoms with Gasteiger partial charge in [0.05, 0.1) is 47.2 Å². The summed E-state index contributed by atoms with van der Waals surface area (Å²) in [6.45, 7) is 12.0. The summed E-state index contributed by atoms with van der Waals surface area (Å²) in [4.78, 5) is 33.6. The summed E-state index contributed by atoms with van der Waals surface area (Å²) >= 11 is 11.6. The fourth-order valence-corrected chi connectivity index (χ4v) is 16.8. The number of rotatable bonds is 16. The number of nitrogen functional groups attached to an aromatic ring is 4. The first-order chi connectivity index (χ1) is 44.7. The lowest BCUT2D eigenvalue weighted by molar-refractivity contribution is -0.0413. The van der Waals surface area contributed by atoms with Gasteiger partial charge in [-0.15, -0.1) is 52.7 Å². The Balaban J connectivity index is 0.000000150. The van der Waals surface area contributed by atoms with Gasteiger partial charge < -0.3 is 82.7 Å². The SMILES string of the molecule is C=P(C)(C)CC[C@H]1O[C@@H](n2c(Br)nc3c(N)ccnc32)[C@H](O)[C@@H]1O.C=P(C)(C)CC[C@H]1O[C@@H](n2c(Cl)nc3c(N)ccnc32)[C@H](O)[C@@H]1O.C=P(C)(C)CC[C@H]1O[C@@H](n2c(F)nc3c(N)ccnc32)[C@H](O)[C@@H]1O.C=P(C)(C)CC[C@H]1O[C@@H](n2c(I)nc3c(N)ccnc32)[C@H](O)[C@@H]1O. The lowest BCUT2D eigenvalue weighted by Crippen LogP contribution is -2.32. The molecule has 0 saturated carbocycles. The summed E-state index contributed by atoms with van der Waals surface area (Å²) in [5.41, 5.74) is 28.7. The third-order valence-corrected chi connectivity index (χ3v) is 24.2. The van der Waals surface area contributed by atoms with Gasteiger partial charge in [-0.1, -0.05) is 0 Å². The molecular weight excluding hydrogens is 1520 g/mol. The van der Waals surface area contributed by atoms with Crippen LogP contribution in [0.4, 0.5) is 27.1 Å². The predicted molar refractivity (Wildman–Crippen MR) is 398 cm³/mol. The Morgan fingerprint density at radius 3 is 1.07 bits per heavy atom. The van der Waals surface area contributed by atoms with Crippen molar-refractivity contribution in [2.24, 2.45) is 0 Å². The number of imidazole rings is 4. The van der Waals surface area contributed by atoms with Crippen molar-refractivity contribution in [2.45, 2.75) is 124 Å². The molecule has 12 rings (SSSR count). The maximum atomic E-state index is 14.3. The highest BCUT2D eigenvalue weighted by molar-refractivity contribution is 14.1. The Labute approximate surface area is 582 Å². The Kier molecular flexibility index (Phi) is 23.9. The molecule has 0 spiro atoms. The van der Waals surface area contributed by atoms with Gasteiger partial charge in [-0.05, 0) is 155 Å². The molecule has 4 aliphatic heterocycles. The van der Waals surface area contributed by atoms with E-state index in [1.807, 2.05) is 0 Å². The number of nitrogens with two attached hydrogens (primary N) is 4. The van der Waals surface area contributed by atoms with E-state index in [1.165, 1.54) is 23.0 Å². The molecule has 0 amide bonds. The van der Waals surface area contributed by atoms with Gasteiger partial charge in [0.15, 0.2) is 56.1 Å². The first kappa shape index (κ1) is 76.0. The van der Waals surface area contributed by atoms with Crippen LogP contribution in [0.2, 0.25) is 5.28 Å². The molecule has 96 heavy (non-hydrogen) atoms. The van der Waals surface area contributed by atoms with Crippen LogP contribution in [0.5, 0.6) is 0 Å². The second-order valence-corrected chi connectivity index (χ2v) is 46.6. The van der Waals surface area contributed by atoms with Crippen molar-refractivity contribution in [3.63, 3.8) is 0 Å². The topological polar surface area (TPSA) is 426 Å². The highest BCUT2D eigenvalue weighted by atomic mass is 127. The van der Waals surface area contributed by atoms with Crippen molar-refractivity contribution in [1.82, 2.24) is 58.1 Å². The van der Waals surface area contributed by atoms with E-state index in [0.29, 0.717) is 84.8 Å². The van der Waals surface area contributed by atoms with Crippen molar-refractivity contribution in [2.75, 3.05) is 101 Å². The fraction of sp³-hybridized carbons (Fsp3) is 0.533. The highest BCUT2D eigenvalue weighted by Crippen LogP contribution is 2.46. The molecule has 4 aliphatic rings. The van der Waals surface area contributed by atoms with E-state index in [-0.39, 0.29) is 22.1 Å². The summed E-state index contributed by atoms with van der Waals surface area (Å²) in [7, 11) is 0. The van der Waals surface area contributed by atoms with Gasteiger partial charge >= 0.3 is 0 Å². The Hall–Kier alpha value is -4.17. The summed E-state index contributed by atoms with van der Waals surface area (Å²) < 4.78 is 44.8. The Bertz CT molecular complexity index is 3770. The van der Waals surface area contributed by atoms with E-state index < -0.39 is 132 Å². The fourth-order valence-electron chi connectivity index (χ4n) is 11.5. The zero-order valence-electron chi connectivity index (χ0n) is 54.5. The van der Waals surface area contributed by atoms with E-state index >= 15 is 0 Å². The maximum absolute atomic E-state index is 14.3. The number of ether oxygens (including phenoxy) is 4.